The van der Waals surface area contributed by atoms with E-state index in [0.29, 0.717) is 16.7 Å². The maximum absolute atomic E-state index is 14.2. The van der Waals surface area contributed by atoms with Gasteiger partial charge in [0.2, 0.25) is 0 Å². The molecule has 8 heteroatoms. The molecule has 27 heavy (non-hydrogen) atoms. The zero-order valence-electron chi connectivity index (χ0n) is 14.9. The molecule has 0 aliphatic carbocycles. The monoisotopic (exact) mass is 409 g/mol. The predicted molar refractivity (Wildman–Crippen MR) is 107 cm³/mol. The van der Waals surface area contributed by atoms with E-state index in [-0.39, 0.29) is 34.8 Å². The van der Waals surface area contributed by atoms with Crippen molar-refractivity contribution in [2.45, 2.75) is 26.9 Å². The Kier molecular flexibility index (Phi) is 6.57. The number of hydrogen-bond acceptors (Lipinski definition) is 5. The van der Waals surface area contributed by atoms with E-state index in [2.05, 4.69) is 15.3 Å². The highest BCUT2D eigenvalue weighted by Gasteiger charge is 2.19. The number of rotatable bonds is 4. The van der Waals surface area contributed by atoms with Gasteiger partial charge in [-0.1, -0.05) is 11.6 Å². The summed E-state index contributed by atoms with van der Waals surface area (Å²) in [7, 11) is 0. The Morgan fingerprint density at radius 3 is 2.67 bits per heavy atom. The number of carbonyl (C=O) groups is 1. The largest absolute Gasteiger partial charge is 0.459 e. The second-order valence-electron chi connectivity index (χ2n) is 6.07. The SMILES string of the molecule is Cc1ccc2c(Nc3ccc(Cl)cc3F)c(C(=O)OC(C)C)cnc2n1.Cl. The number of nitrogens with one attached hydrogen (secondary N) is 1. The Morgan fingerprint density at radius 2 is 2.00 bits per heavy atom. The van der Waals surface area contributed by atoms with E-state index in [4.69, 9.17) is 16.3 Å². The molecular formula is C19H18Cl2FN3O2. The van der Waals surface area contributed by atoms with Crippen LogP contribution in [0.25, 0.3) is 11.0 Å². The number of fused-ring (bicyclic) bond motifs is 1. The molecule has 0 bridgehead atoms. The predicted octanol–water partition coefficient (Wildman–Crippen LogP) is 5.46. The van der Waals surface area contributed by atoms with E-state index < -0.39 is 11.8 Å². The molecule has 0 spiro atoms. The van der Waals surface area contributed by atoms with Crippen LogP contribution in [0, 0.1) is 12.7 Å². The minimum Gasteiger partial charge on any atom is -0.459 e. The van der Waals surface area contributed by atoms with Gasteiger partial charge in [0.05, 0.1) is 17.5 Å². The molecule has 0 fully saturated rings. The summed E-state index contributed by atoms with van der Waals surface area (Å²) in [5, 5.41) is 3.84. The summed E-state index contributed by atoms with van der Waals surface area (Å²) in [4.78, 5) is 21.1. The number of ether oxygens (including phenoxy) is 1. The summed E-state index contributed by atoms with van der Waals surface area (Å²) < 4.78 is 19.5. The van der Waals surface area contributed by atoms with Gasteiger partial charge >= 0.3 is 5.97 Å². The first-order chi connectivity index (χ1) is 12.3. The lowest BCUT2D eigenvalue weighted by Gasteiger charge is -2.16. The minimum absolute atomic E-state index is 0. The summed E-state index contributed by atoms with van der Waals surface area (Å²) in [6.45, 7) is 5.35. The van der Waals surface area contributed by atoms with Gasteiger partial charge in [-0.15, -0.1) is 12.4 Å². The molecule has 0 radical (unpaired) electrons. The summed E-state index contributed by atoms with van der Waals surface area (Å²) >= 11 is 5.81. The third-order valence-corrected chi connectivity index (χ3v) is 3.86. The molecular weight excluding hydrogens is 392 g/mol. The van der Waals surface area contributed by atoms with Gasteiger partial charge in [0, 0.05) is 22.3 Å². The minimum atomic E-state index is -0.549. The first-order valence-electron chi connectivity index (χ1n) is 8.04. The van der Waals surface area contributed by atoms with Crippen molar-refractivity contribution >= 4 is 52.4 Å². The topological polar surface area (TPSA) is 64.1 Å². The van der Waals surface area contributed by atoms with Crippen LogP contribution >= 0.6 is 24.0 Å². The van der Waals surface area contributed by atoms with Crippen LogP contribution in [0.4, 0.5) is 15.8 Å². The number of carbonyl (C=O) groups excluding carboxylic acids is 1. The second kappa shape index (κ2) is 8.50. The fourth-order valence-corrected chi connectivity index (χ4v) is 2.62. The lowest BCUT2D eigenvalue weighted by molar-refractivity contribution is 0.0379. The molecule has 0 unspecified atom stereocenters. The normalized spacial score (nSPS) is 10.6. The molecule has 0 aliphatic rings. The number of hydrogen-bond donors (Lipinski definition) is 1. The average molecular weight is 410 g/mol. The molecule has 0 saturated heterocycles. The Morgan fingerprint density at radius 1 is 1.26 bits per heavy atom. The van der Waals surface area contributed by atoms with Crippen LogP contribution in [0.5, 0.6) is 0 Å². The van der Waals surface area contributed by atoms with Crippen molar-refractivity contribution < 1.29 is 13.9 Å². The van der Waals surface area contributed by atoms with E-state index in [0.717, 1.165) is 5.69 Å². The van der Waals surface area contributed by atoms with Gasteiger partial charge in [-0.2, -0.15) is 0 Å². The van der Waals surface area contributed by atoms with Crippen LogP contribution in [0.15, 0.2) is 36.5 Å². The highest BCUT2D eigenvalue weighted by molar-refractivity contribution is 6.30. The number of benzene rings is 1. The van der Waals surface area contributed by atoms with E-state index in [1.165, 1.54) is 18.3 Å². The maximum Gasteiger partial charge on any atom is 0.342 e. The number of aromatic nitrogens is 2. The molecule has 0 atom stereocenters. The third kappa shape index (κ3) is 4.64. The summed E-state index contributed by atoms with van der Waals surface area (Å²) in [6, 6.07) is 7.84. The second-order valence-corrected chi connectivity index (χ2v) is 6.51. The fraction of sp³-hybridized carbons (Fsp3) is 0.211. The zero-order valence-corrected chi connectivity index (χ0v) is 16.5. The van der Waals surface area contributed by atoms with Gasteiger partial charge in [-0.3, -0.25) is 0 Å². The van der Waals surface area contributed by atoms with E-state index in [1.807, 2.05) is 6.92 Å². The van der Waals surface area contributed by atoms with Gasteiger partial charge in [-0.05, 0) is 51.1 Å². The molecule has 0 amide bonds. The number of nitrogens with zero attached hydrogens (tertiary/aromatic N) is 2. The lowest BCUT2D eigenvalue weighted by atomic mass is 10.1. The van der Waals surface area contributed by atoms with Gasteiger partial charge in [0.1, 0.15) is 11.4 Å². The van der Waals surface area contributed by atoms with Crippen molar-refractivity contribution in [3.8, 4) is 0 Å². The Bertz CT molecular complexity index is 996. The molecule has 5 nitrogen and oxygen atoms in total. The van der Waals surface area contributed by atoms with Crippen LogP contribution in [0.3, 0.4) is 0 Å². The number of aryl methyl sites for hydroxylation is 1. The lowest BCUT2D eigenvalue weighted by Crippen LogP contribution is -2.14. The van der Waals surface area contributed by atoms with Crippen molar-refractivity contribution in [1.29, 1.82) is 0 Å². The van der Waals surface area contributed by atoms with E-state index in [9.17, 15) is 9.18 Å². The highest BCUT2D eigenvalue weighted by atomic mass is 35.5. The first-order valence-corrected chi connectivity index (χ1v) is 8.42. The third-order valence-electron chi connectivity index (χ3n) is 3.62. The average Bonchev–Trinajstić information content (AvgIpc) is 2.56. The summed E-state index contributed by atoms with van der Waals surface area (Å²) in [5.74, 6) is -1.09. The first kappa shape index (κ1) is 20.9. The standard InChI is InChI=1S/C19H17ClFN3O2.ClH/c1-10(2)26-19(25)14-9-22-18-13(6-4-11(3)23-18)17(14)24-16-7-5-12(20)8-15(16)21;/h4-10H,1-3H3,(H,22,23,24);1H. The van der Waals surface area contributed by atoms with Crippen LogP contribution in [0.2, 0.25) is 5.02 Å². The van der Waals surface area contributed by atoms with Crippen LogP contribution in [-0.4, -0.2) is 22.0 Å². The molecule has 142 valence electrons. The maximum atomic E-state index is 14.2. The zero-order chi connectivity index (χ0) is 18.8. The van der Waals surface area contributed by atoms with Crippen LogP contribution < -0.4 is 5.32 Å². The molecule has 2 aromatic heterocycles. The van der Waals surface area contributed by atoms with Crippen molar-refractivity contribution in [2.75, 3.05) is 5.32 Å². The quantitative estimate of drug-likeness (QED) is 0.579. The van der Waals surface area contributed by atoms with E-state index >= 15 is 0 Å². The smallest absolute Gasteiger partial charge is 0.342 e. The molecule has 3 aromatic rings. The summed E-state index contributed by atoms with van der Waals surface area (Å²) in [6.07, 6.45) is 1.09. The van der Waals surface area contributed by atoms with Crippen molar-refractivity contribution in [2.24, 2.45) is 0 Å². The summed E-state index contributed by atoms with van der Waals surface area (Å²) in [5.41, 5.74) is 2.00. The Labute approximate surface area is 167 Å². The molecule has 2 heterocycles. The Balaban J connectivity index is 0.00000261. The number of anilines is 2. The number of pyridine rings is 2. The van der Waals surface area contributed by atoms with Crippen molar-refractivity contribution in [3.63, 3.8) is 0 Å². The van der Waals surface area contributed by atoms with Crippen molar-refractivity contribution in [1.82, 2.24) is 9.97 Å². The highest BCUT2D eigenvalue weighted by Crippen LogP contribution is 2.31. The van der Waals surface area contributed by atoms with Gasteiger partial charge < -0.3 is 10.1 Å². The molecule has 3 rings (SSSR count). The number of esters is 1. The van der Waals surface area contributed by atoms with Crippen LogP contribution in [-0.2, 0) is 4.74 Å². The van der Waals surface area contributed by atoms with Gasteiger partial charge in [0.15, 0.2) is 5.65 Å². The number of halogens is 3. The van der Waals surface area contributed by atoms with Crippen molar-refractivity contribution in [3.05, 3.63) is 58.6 Å². The van der Waals surface area contributed by atoms with Gasteiger partial charge in [-0.25, -0.2) is 19.2 Å². The Hall–Kier alpha value is -2.44. The molecule has 0 saturated carbocycles. The van der Waals surface area contributed by atoms with Crippen LogP contribution in [0.1, 0.15) is 29.9 Å². The fourth-order valence-electron chi connectivity index (χ4n) is 2.46. The van der Waals surface area contributed by atoms with Gasteiger partial charge in [0.25, 0.3) is 0 Å². The molecule has 1 N–H and O–H groups in total. The molecule has 1 aromatic carbocycles. The van der Waals surface area contributed by atoms with E-state index in [1.54, 1.807) is 32.0 Å². The molecule has 0 aliphatic heterocycles.